The lowest BCUT2D eigenvalue weighted by atomic mass is 9.74. The molecule has 0 radical (unpaired) electrons. The van der Waals surface area contributed by atoms with E-state index in [1.165, 1.54) is 12.5 Å². The second-order valence-corrected chi connectivity index (χ2v) is 5.68. The number of nitrogens with one attached hydrogen (secondary N) is 2. The molecule has 3 nitrogen and oxygen atoms in total. The first-order valence-electron chi connectivity index (χ1n) is 7.03. The van der Waals surface area contributed by atoms with Gasteiger partial charge in [-0.3, -0.25) is 4.79 Å². The van der Waals surface area contributed by atoms with Gasteiger partial charge in [-0.2, -0.15) is 0 Å². The van der Waals surface area contributed by atoms with Crippen LogP contribution in [0.5, 0.6) is 0 Å². The number of carbonyl (C=O) groups excluding carboxylic acids is 1. The normalized spacial score (nSPS) is 29.6. The zero-order chi connectivity index (χ0) is 13.5. The minimum atomic E-state index is -0.535. The van der Waals surface area contributed by atoms with Crippen molar-refractivity contribution in [2.75, 3.05) is 10.6 Å². The van der Waals surface area contributed by atoms with Crippen LogP contribution in [0.1, 0.15) is 39.0 Å². The fourth-order valence-corrected chi connectivity index (χ4v) is 3.23. The number of amides is 1. The van der Waals surface area contributed by atoms with E-state index in [-0.39, 0.29) is 17.4 Å². The molecular weight excluding hydrogens is 243 g/mol. The highest BCUT2D eigenvalue weighted by atomic mass is 19.1. The minimum Gasteiger partial charge on any atom is -0.369 e. The van der Waals surface area contributed by atoms with Gasteiger partial charge in [-0.1, -0.05) is 19.4 Å². The Kier molecular flexibility index (Phi) is 2.96. The summed E-state index contributed by atoms with van der Waals surface area (Å²) in [5, 5.41) is 6.04. The first-order valence-corrected chi connectivity index (χ1v) is 7.03. The van der Waals surface area contributed by atoms with Gasteiger partial charge >= 0.3 is 0 Å². The molecule has 0 saturated heterocycles. The molecule has 3 rings (SSSR count). The largest absolute Gasteiger partial charge is 0.369 e. The zero-order valence-electron chi connectivity index (χ0n) is 11.1. The van der Waals surface area contributed by atoms with Crippen molar-refractivity contribution < 1.29 is 9.18 Å². The lowest BCUT2D eigenvalue weighted by molar-refractivity contribution is -0.121. The van der Waals surface area contributed by atoms with Crippen molar-refractivity contribution in [1.82, 2.24) is 0 Å². The van der Waals surface area contributed by atoms with E-state index in [0.29, 0.717) is 11.6 Å². The molecule has 1 saturated carbocycles. The highest BCUT2D eigenvalue weighted by molar-refractivity contribution is 6.06. The predicted octanol–water partition coefficient (Wildman–Crippen LogP) is 3.53. The summed E-state index contributed by atoms with van der Waals surface area (Å²) < 4.78 is 13.7. The van der Waals surface area contributed by atoms with Crippen LogP contribution in [0.15, 0.2) is 18.2 Å². The standard InChI is InChI=1S/C15H19FN2O/c1-2-10-6-8-15(9-7-10)14(19)17-13-11(16)4-3-5-12(13)18-15/h3-5,10,18H,2,6-9H2,1H3,(H,17,19). The Labute approximate surface area is 112 Å². The molecule has 0 unspecified atom stereocenters. The first-order chi connectivity index (χ1) is 9.14. The molecule has 0 bridgehead atoms. The van der Waals surface area contributed by atoms with E-state index >= 15 is 0 Å². The van der Waals surface area contributed by atoms with Crippen LogP contribution in [-0.2, 0) is 4.79 Å². The van der Waals surface area contributed by atoms with Crippen molar-refractivity contribution in [3.05, 3.63) is 24.0 Å². The van der Waals surface area contributed by atoms with Crippen LogP contribution in [0.4, 0.5) is 15.8 Å². The summed E-state index contributed by atoms with van der Waals surface area (Å²) in [6, 6.07) is 4.86. The smallest absolute Gasteiger partial charge is 0.250 e. The Morgan fingerprint density at radius 1 is 1.37 bits per heavy atom. The third-order valence-corrected chi connectivity index (χ3v) is 4.60. The fraction of sp³-hybridized carbons (Fsp3) is 0.533. The van der Waals surface area contributed by atoms with Crippen molar-refractivity contribution in [3.8, 4) is 0 Å². The topological polar surface area (TPSA) is 41.1 Å². The van der Waals surface area contributed by atoms with Gasteiger partial charge < -0.3 is 10.6 Å². The zero-order valence-corrected chi connectivity index (χ0v) is 11.1. The molecule has 102 valence electrons. The van der Waals surface area contributed by atoms with Gasteiger partial charge in [0.05, 0.1) is 5.69 Å². The average molecular weight is 262 g/mol. The number of benzene rings is 1. The fourth-order valence-electron chi connectivity index (χ4n) is 3.23. The van der Waals surface area contributed by atoms with Crippen LogP contribution in [0, 0.1) is 11.7 Å². The number of para-hydroxylation sites is 1. The van der Waals surface area contributed by atoms with Gasteiger partial charge in [0.25, 0.3) is 0 Å². The monoisotopic (exact) mass is 262 g/mol. The number of anilines is 2. The summed E-state index contributed by atoms with van der Waals surface area (Å²) in [5.41, 5.74) is 0.456. The van der Waals surface area contributed by atoms with Crippen LogP contribution in [0.2, 0.25) is 0 Å². The van der Waals surface area contributed by atoms with Gasteiger partial charge in [-0.05, 0) is 43.7 Å². The maximum Gasteiger partial charge on any atom is 0.250 e. The lowest BCUT2D eigenvalue weighted by Crippen LogP contribution is -2.54. The summed E-state index contributed by atoms with van der Waals surface area (Å²) >= 11 is 0. The summed E-state index contributed by atoms with van der Waals surface area (Å²) in [4.78, 5) is 12.3. The molecule has 0 aromatic heterocycles. The number of rotatable bonds is 1. The predicted molar refractivity (Wildman–Crippen MR) is 73.6 cm³/mol. The van der Waals surface area contributed by atoms with Gasteiger partial charge in [0.1, 0.15) is 17.0 Å². The first kappa shape index (κ1) is 12.5. The van der Waals surface area contributed by atoms with Crippen LogP contribution in [0.25, 0.3) is 0 Å². The van der Waals surface area contributed by atoms with Crippen molar-refractivity contribution in [3.63, 3.8) is 0 Å². The van der Waals surface area contributed by atoms with Crippen LogP contribution in [-0.4, -0.2) is 11.4 Å². The third-order valence-electron chi connectivity index (χ3n) is 4.60. The molecule has 1 aliphatic carbocycles. The van der Waals surface area contributed by atoms with Crippen LogP contribution in [0.3, 0.4) is 0 Å². The van der Waals surface area contributed by atoms with E-state index in [2.05, 4.69) is 17.6 Å². The highest BCUT2D eigenvalue weighted by Crippen LogP contribution is 2.41. The Bertz CT molecular complexity index is 507. The Morgan fingerprint density at radius 3 is 2.79 bits per heavy atom. The molecule has 1 aromatic carbocycles. The van der Waals surface area contributed by atoms with Crippen LogP contribution < -0.4 is 10.6 Å². The van der Waals surface area contributed by atoms with Gasteiger partial charge in [0, 0.05) is 0 Å². The summed E-state index contributed by atoms with van der Waals surface area (Å²) in [6.07, 6.45) is 4.94. The van der Waals surface area contributed by atoms with E-state index in [1.807, 2.05) is 6.07 Å². The summed E-state index contributed by atoms with van der Waals surface area (Å²) in [5.74, 6) is 0.254. The van der Waals surface area contributed by atoms with E-state index in [0.717, 1.165) is 25.7 Å². The van der Waals surface area contributed by atoms with E-state index in [4.69, 9.17) is 0 Å². The molecule has 0 atom stereocenters. The maximum atomic E-state index is 13.7. The molecule has 4 heteroatoms. The summed E-state index contributed by atoms with van der Waals surface area (Å²) in [7, 11) is 0. The lowest BCUT2D eigenvalue weighted by Gasteiger charge is -2.43. The number of halogens is 1. The van der Waals surface area contributed by atoms with Gasteiger partial charge in [-0.25, -0.2) is 4.39 Å². The molecular formula is C15H19FN2O. The third kappa shape index (κ3) is 1.99. The molecule has 1 spiro atoms. The van der Waals surface area contributed by atoms with E-state index in [9.17, 15) is 9.18 Å². The van der Waals surface area contributed by atoms with E-state index < -0.39 is 5.54 Å². The Balaban J connectivity index is 1.88. The Hall–Kier alpha value is -1.58. The van der Waals surface area contributed by atoms with Crippen molar-refractivity contribution in [1.29, 1.82) is 0 Å². The second kappa shape index (κ2) is 4.51. The number of hydrogen-bond donors (Lipinski definition) is 2. The Morgan fingerprint density at radius 2 is 2.11 bits per heavy atom. The van der Waals surface area contributed by atoms with E-state index in [1.54, 1.807) is 6.07 Å². The number of fused-ring (bicyclic) bond motifs is 1. The maximum absolute atomic E-state index is 13.7. The molecule has 1 amide bonds. The number of carbonyl (C=O) groups is 1. The van der Waals surface area contributed by atoms with Crippen LogP contribution >= 0.6 is 0 Å². The average Bonchev–Trinajstić information content (AvgIpc) is 2.42. The van der Waals surface area contributed by atoms with Crippen molar-refractivity contribution in [2.45, 2.75) is 44.6 Å². The molecule has 2 N–H and O–H groups in total. The SMILES string of the molecule is CCC1CCC2(CC1)Nc1cccc(F)c1NC2=O. The molecule has 1 aromatic rings. The molecule has 2 aliphatic rings. The highest BCUT2D eigenvalue weighted by Gasteiger charge is 2.44. The molecule has 1 fully saturated rings. The molecule has 1 aliphatic heterocycles. The van der Waals surface area contributed by atoms with Crippen molar-refractivity contribution >= 4 is 17.3 Å². The van der Waals surface area contributed by atoms with Crippen molar-refractivity contribution in [2.24, 2.45) is 5.92 Å². The molecule has 1 heterocycles. The summed E-state index contributed by atoms with van der Waals surface area (Å²) in [6.45, 7) is 2.20. The quantitative estimate of drug-likeness (QED) is 0.813. The van der Waals surface area contributed by atoms with Gasteiger partial charge in [-0.15, -0.1) is 0 Å². The molecule has 19 heavy (non-hydrogen) atoms. The minimum absolute atomic E-state index is 0.0837. The van der Waals surface area contributed by atoms with Gasteiger partial charge in [0.2, 0.25) is 5.91 Å². The number of hydrogen-bond acceptors (Lipinski definition) is 2. The second-order valence-electron chi connectivity index (χ2n) is 5.68. The van der Waals surface area contributed by atoms with Gasteiger partial charge in [0.15, 0.2) is 0 Å².